The van der Waals surface area contributed by atoms with Crippen LogP contribution in [0.1, 0.15) is 15.9 Å². The van der Waals surface area contributed by atoms with Crippen LogP contribution in [-0.2, 0) is 0 Å². The fraction of sp³-hybridized carbons (Fsp3) is 0.0625. The van der Waals surface area contributed by atoms with Crippen LogP contribution in [0.15, 0.2) is 48.7 Å². The van der Waals surface area contributed by atoms with Gasteiger partial charge in [-0.25, -0.2) is 0 Å². The molecule has 0 fully saturated rings. The topological polar surface area (TPSA) is 65.1 Å². The first-order chi connectivity index (χ1) is 9.63. The number of phenolic OH excluding ortho intramolecular Hbond substituents is 1. The Morgan fingerprint density at radius 3 is 2.80 bits per heavy atom. The normalized spacial score (nSPS) is 10.7. The van der Waals surface area contributed by atoms with Gasteiger partial charge in [-0.05, 0) is 55.0 Å². The quantitative estimate of drug-likeness (QED) is 0.622. The number of rotatable bonds is 2. The summed E-state index contributed by atoms with van der Waals surface area (Å²) >= 11 is 0. The molecule has 4 nitrogen and oxygen atoms in total. The molecule has 0 aliphatic rings. The molecule has 1 aromatic heterocycles. The highest BCUT2D eigenvalue weighted by atomic mass is 16.3. The molecule has 0 saturated heterocycles. The van der Waals surface area contributed by atoms with E-state index in [9.17, 15) is 9.90 Å². The molecule has 0 radical (unpaired) electrons. The van der Waals surface area contributed by atoms with Gasteiger partial charge in [0.2, 0.25) is 0 Å². The van der Waals surface area contributed by atoms with Crippen LogP contribution in [0.2, 0.25) is 0 Å². The summed E-state index contributed by atoms with van der Waals surface area (Å²) in [5, 5.41) is 13.3. The molecule has 4 heteroatoms. The van der Waals surface area contributed by atoms with Crippen LogP contribution in [0.25, 0.3) is 10.9 Å². The zero-order chi connectivity index (χ0) is 14.1. The molecule has 2 aromatic carbocycles. The van der Waals surface area contributed by atoms with Crippen molar-refractivity contribution in [2.75, 3.05) is 5.32 Å². The van der Waals surface area contributed by atoms with Crippen molar-refractivity contribution in [1.82, 2.24) is 4.98 Å². The van der Waals surface area contributed by atoms with E-state index in [0.717, 1.165) is 16.5 Å². The van der Waals surface area contributed by atoms with Crippen molar-refractivity contribution < 1.29 is 9.90 Å². The van der Waals surface area contributed by atoms with Gasteiger partial charge in [-0.3, -0.25) is 4.79 Å². The van der Waals surface area contributed by atoms with E-state index >= 15 is 0 Å². The number of aromatic hydroxyl groups is 1. The van der Waals surface area contributed by atoms with Gasteiger partial charge in [-0.15, -0.1) is 0 Å². The minimum Gasteiger partial charge on any atom is -0.508 e. The summed E-state index contributed by atoms with van der Waals surface area (Å²) in [4.78, 5) is 15.3. The molecule has 0 unspecified atom stereocenters. The van der Waals surface area contributed by atoms with Gasteiger partial charge >= 0.3 is 0 Å². The highest BCUT2D eigenvalue weighted by Gasteiger charge is 2.08. The Labute approximate surface area is 116 Å². The number of aryl methyl sites for hydroxylation is 1. The minimum absolute atomic E-state index is 0.168. The van der Waals surface area contributed by atoms with E-state index in [1.165, 1.54) is 0 Å². The summed E-state index contributed by atoms with van der Waals surface area (Å²) in [6.45, 7) is 1.79. The third-order valence-electron chi connectivity index (χ3n) is 3.27. The van der Waals surface area contributed by atoms with Crippen LogP contribution >= 0.6 is 0 Å². The largest absolute Gasteiger partial charge is 0.508 e. The summed E-state index contributed by atoms with van der Waals surface area (Å²) in [5.74, 6) is 0.0509. The summed E-state index contributed by atoms with van der Waals surface area (Å²) in [7, 11) is 0. The Bertz CT molecular complexity index is 790. The molecule has 100 valence electrons. The second-order valence-corrected chi connectivity index (χ2v) is 4.74. The number of fused-ring (bicyclic) bond motifs is 1. The van der Waals surface area contributed by atoms with Gasteiger partial charge < -0.3 is 15.4 Å². The van der Waals surface area contributed by atoms with Crippen molar-refractivity contribution in [2.45, 2.75) is 6.92 Å². The average Bonchev–Trinajstić information content (AvgIpc) is 2.90. The summed E-state index contributed by atoms with van der Waals surface area (Å²) < 4.78 is 0. The molecule has 0 atom stereocenters. The number of benzene rings is 2. The lowest BCUT2D eigenvalue weighted by Gasteiger charge is -2.07. The van der Waals surface area contributed by atoms with Gasteiger partial charge in [0.05, 0.1) is 0 Å². The molecule has 3 N–H and O–H groups in total. The fourth-order valence-corrected chi connectivity index (χ4v) is 2.13. The molecule has 0 aliphatic carbocycles. The van der Waals surface area contributed by atoms with Gasteiger partial charge in [0.25, 0.3) is 5.91 Å². The molecule has 0 saturated carbocycles. The summed E-state index contributed by atoms with van der Waals surface area (Å²) in [6, 6.07) is 12.4. The first-order valence-corrected chi connectivity index (χ1v) is 6.31. The standard InChI is InChI=1S/C16H14N2O2/c1-10-8-13(3-5-15(10)19)18-16(20)12-2-4-14-11(9-12)6-7-17-14/h2-9,17,19H,1H3,(H,18,20). The van der Waals surface area contributed by atoms with Crippen LogP contribution in [0.5, 0.6) is 5.75 Å². The first kappa shape index (κ1) is 12.3. The molecule has 1 heterocycles. The van der Waals surface area contributed by atoms with Crippen LogP contribution < -0.4 is 5.32 Å². The smallest absolute Gasteiger partial charge is 0.255 e. The highest BCUT2D eigenvalue weighted by Crippen LogP contribution is 2.21. The SMILES string of the molecule is Cc1cc(NC(=O)c2ccc3[nH]ccc3c2)ccc1O. The number of carbonyl (C=O) groups is 1. The number of H-pyrrole nitrogens is 1. The number of nitrogens with one attached hydrogen (secondary N) is 2. The molecule has 1 amide bonds. The molecule has 20 heavy (non-hydrogen) atoms. The predicted octanol–water partition coefficient (Wildman–Crippen LogP) is 3.43. The van der Waals surface area contributed by atoms with Crippen molar-refractivity contribution in [3.05, 3.63) is 59.8 Å². The third-order valence-corrected chi connectivity index (χ3v) is 3.27. The Morgan fingerprint density at radius 1 is 1.15 bits per heavy atom. The maximum atomic E-state index is 12.2. The van der Waals surface area contributed by atoms with Crippen LogP contribution in [0, 0.1) is 6.92 Å². The van der Waals surface area contributed by atoms with Crippen LogP contribution in [0.3, 0.4) is 0 Å². The maximum absolute atomic E-state index is 12.2. The second kappa shape index (κ2) is 4.74. The molecule has 3 aromatic rings. The number of aromatic nitrogens is 1. The number of aromatic amines is 1. The summed E-state index contributed by atoms with van der Waals surface area (Å²) in [5.41, 5.74) is 2.99. The molecular weight excluding hydrogens is 252 g/mol. The van der Waals surface area contributed by atoms with E-state index in [1.54, 1.807) is 31.2 Å². The van der Waals surface area contributed by atoms with Gasteiger partial charge in [0, 0.05) is 28.4 Å². The first-order valence-electron chi connectivity index (χ1n) is 6.31. The van der Waals surface area contributed by atoms with Gasteiger partial charge in [0.15, 0.2) is 0 Å². The van der Waals surface area contributed by atoms with Crippen LogP contribution in [-0.4, -0.2) is 16.0 Å². The fourth-order valence-electron chi connectivity index (χ4n) is 2.13. The molecule has 0 spiro atoms. The maximum Gasteiger partial charge on any atom is 0.255 e. The number of hydrogen-bond acceptors (Lipinski definition) is 2. The van der Waals surface area contributed by atoms with Gasteiger partial charge in [0.1, 0.15) is 5.75 Å². The van der Waals surface area contributed by atoms with E-state index in [0.29, 0.717) is 11.3 Å². The number of amides is 1. The summed E-state index contributed by atoms with van der Waals surface area (Å²) in [6.07, 6.45) is 1.84. The van der Waals surface area contributed by atoms with E-state index < -0.39 is 0 Å². The predicted molar refractivity (Wildman–Crippen MR) is 79.1 cm³/mol. The number of carbonyl (C=O) groups excluding carboxylic acids is 1. The van der Waals surface area contributed by atoms with E-state index in [4.69, 9.17) is 0 Å². The van der Waals surface area contributed by atoms with Gasteiger partial charge in [-0.1, -0.05) is 0 Å². The molecular formula is C16H14N2O2. The number of phenols is 1. The zero-order valence-electron chi connectivity index (χ0n) is 11.0. The Kier molecular flexibility index (Phi) is 2.91. The Hall–Kier alpha value is -2.75. The van der Waals surface area contributed by atoms with Crippen molar-refractivity contribution in [3.63, 3.8) is 0 Å². The second-order valence-electron chi connectivity index (χ2n) is 4.74. The van der Waals surface area contributed by atoms with Crippen molar-refractivity contribution in [2.24, 2.45) is 0 Å². The molecule has 3 rings (SSSR count). The van der Waals surface area contributed by atoms with E-state index in [1.807, 2.05) is 24.4 Å². The van der Waals surface area contributed by atoms with Crippen LogP contribution in [0.4, 0.5) is 5.69 Å². The number of hydrogen-bond donors (Lipinski definition) is 3. The molecule has 0 aliphatic heterocycles. The monoisotopic (exact) mass is 266 g/mol. The average molecular weight is 266 g/mol. The number of anilines is 1. The lowest BCUT2D eigenvalue weighted by Crippen LogP contribution is -2.11. The van der Waals surface area contributed by atoms with Crippen molar-refractivity contribution >= 4 is 22.5 Å². The highest BCUT2D eigenvalue weighted by molar-refractivity contribution is 6.06. The van der Waals surface area contributed by atoms with E-state index in [2.05, 4.69) is 10.3 Å². The van der Waals surface area contributed by atoms with E-state index in [-0.39, 0.29) is 11.7 Å². The van der Waals surface area contributed by atoms with Crippen molar-refractivity contribution in [1.29, 1.82) is 0 Å². The third kappa shape index (κ3) is 2.23. The zero-order valence-corrected chi connectivity index (χ0v) is 11.0. The van der Waals surface area contributed by atoms with Gasteiger partial charge in [-0.2, -0.15) is 0 Å². The lowest BCUT2D eigenvalue weighted by atomic mass is 10.1. The molecule has 0 bridgehead atoms. The minimum atomic E-state index is -0.168. The van der Waals surface area contributed by atoms with Crippen molar-refractivity contribution in [3.8, 4) is 5.75 Å². The Balaban J connectivity index is 1.86. The Morgan fingerprint density at radius 2 is 2.00 bits per heavy atom. The lowest BCUT2D eigenvalue weighted by molar-refractivity contribution is 0.102.